The maximum absolute atomic E-state index is 12.5. The van der Waals surface area contributed by atoms with Crippen LogP contribution in [0.2, 0.25) is 5.04 Å². The summed E-state index contributed by atoms with van der Waals surface area (Å²) in [7, 11) is -2.88. The number of carbonyl (C=O) groups excluding carboxylic acids is 1. The number of aliphatic hydroxyl groups excluding tert-OH is 1. The molecule has 0 aliphatic carbocycles. The van der Waals surface area contributed by atoms with Crippen molar-refractivity contribution in [3.8, 4) is 0 Å². The number of aromatic nitrogens is 2. The fourth-order valence-electron chi connectivity index (χ4n) is 5.20. The number of thioether (sulfide) groups is 1. The van der Waals surface area contributed by atoms with Crippen molar-refractivity contribution in [2.24, 2.45) is 5.92 Å². The second kappa shape index (κ2) is 11.5. The summed E-state index contributed by atoms with van der Waals surface area (Å²) >= 11 is 1.10. The average Bonchev–Trinajstić information content (AvgIpc) is 3.18. The van der Waals surface area contributed by atoms with E-state index in [9.17, 15) is 19.5 Å². The molecule has 4 rings (SSSR count). The molecule has 202 valence electrons. The maximum atomic E-state index is 12.5. The van der Waals surface area contributed by atoms with Gasteiger partial charge < -0.3 is 14.3 Å². The van der Waals surface area contributed by atoms with Crippen LogP contribution in [0.1, 0.15) is 33.9 Å². The second-order valence-electron chi connectivity index (χ2n) is 10.5. The Hall–Kier alpha value is -2.76. The van der Waals surface area contributed by atoms with Crippen molar-refractivity contribution >= 4 is 35.6 Å². The van der Waals surface area contributed by atoms with Crippen LogP contribution in [0.4, 0.5) is 0 Å². The van der Waals surface area contributed by atoms with Crippen molar-refractivity contribution in [3.05, 3.63) is 93.8 Å². The van der Waals surface area contributed by atoms with Crippen LogP contribution >= 0.6 is 11.8 Å². The van der Waals surface area contributed by atoms with Crippen LogP contribution in [-0.4, -0.2) is 52.7 Å². The second-order valence-corrected chi connectivity index (χ2v) is 16.0. The van der Waals surface area contributed by atoms with Gasteiger partial charge >= 0.3 is 5.69 Å². The molecule has 38 heavy (non-hydrogen) atoms. The summed E-state index contributed by atoms with van der Waals surface area (Å²) in [5, 5.41) is 13.1. The molecule has 2 N–H and O–H groups in total. The number of nitrogens with zero attached hydrogens (tertiary/aromatic N) is 1. The molecule has 4 atom stereocenters. The Morgan fingerprint density at radius 2 is 1.63 bits per heavy atom. The van der Waals surface area contributed by atoms with E-state index < -0.39 is 43.9 Å². The van der Waals surface area contributed by atoms with Gasteiger partial charge in [0.25, 0.3) is 13.9 Å². The summed E-state index contributed by atoms with van der Waals surface area (Å²) in [6.45, 7) is 8.16. The summed E-state index contributed by atoms with van der Waals surface area (Å²) < 4.78 is 14.5. The van der Waals surface area contributed by atoms with Gasteiger partial charge in [-0.25, -0.2) is 4.79 Å². The quantitative estimate of drug-likeness (QED) is 0.411. The average molecular weight is 555 g/mol. The highest BCUT2D eigenvalue weighted by atomic mass is 32.2. The van der Waals surface area contributed by atoms with Crippen molar-refractivity contribution in [1.82, 2.24) is 9.55 Å². The van der Waals surface area contributed by atoms with Gasteiger partial charge in [0.2, 0.25) is 0 Å². The zero-order valence-electron chi connectivity index (χ0n) is 22.0. The molecule has 1 fully saturated rings. The minimum Gasteiger partial charge on any atom is -0.405 e. The third kappa shape index (κ3) is 5.64. The van der Waals surface area contributed by atoms with E-state index in [2.05, 4.69) is 50.0 Å². The number of aromatic amines is 1. The van der Waals surface area contributed by atoms with Gasteiger partial charge in [-0.1, -0.05) is 93.2 Å². The lowest BCUT2D eigenvalue weighted by Crippen LogP contribution is -2.67. The van der Waals surface area contributed by atoms with E-state index in [1.807, 2.05) is 36.4 Å². The molecule has 2 heterocycles. The maximum Gasteiger partial charge on any atom is 0.330 e. The van der Waals surface area contributed by atoms with Crippen LogP contribution in [0.25, 0.3) is 0 Å². The van der Waals surface area contributed by atoms with E-state index in [1.165, 1.54) is 23.8 Å². The number of hydrogen-bond acceptors (Lipinski definition) is 7. The Kier molecular flexibility index (Phi) is 8.58. The van der Waals surface area contributed by atoms with Crippen LogP contribution < -0.4 is 21.6 Å². The van der Waals surface area contributed by atoms with Crippen molar-refractivity contribution in [2.45, 2.75) is 51.2 Å². The van der Waals surface area contributed by atoms with Gasteiger partial charge in [-0.15, -0.1) is 0 Å². The first-order chi connectivity index (χ1) is 18.0. The van der Waals surface area contributed by atoms with Crippen molar-refractivity contribution in [3.63, 3.8) is 0 Å². The molecule has 0 radical (unpaired) electrons. The lowest BCUT2D eigenvalue weighted by Gasteiger charge is -2.43. The summed E-state index contributed by atoms with van der Waals surface area (Å²) in [5.74, 6) is -0.175. The van der Waals surface area contributed by atoms with Gasteiger partial charge in [0, 0.05) is 30.9 Å². The topological polar surface area (TPSA) is 111 Å². The Balaban J connectivity index is 1.73. The molecule has 3 aromatic rings. The Morgan fingerprint density at radius 1 is 1.05 bits per heavy atom. The fraction of sp³-hybridized carbons (Fsp3) is 0.393. The van der Waals surface area contributed by atoms with Gasteiger partial charge in [0.1, 0.15) is 6.10 Å². The van der Waals surface area contributed by atoms with E-state index in [0.717, 1.165) is 22.1 Å². The molecule has 0 unspecified atom stereocenters. The number of nitrogens with one attached hydrogen (secondary N) is 1. The molecule has 1 aromatic heterocycles. The molecule has 0 amide bonds. The largest absolute Gasteiger partial charge is 0.405 e. The first-order valence-corrected chi connectivity index (χ1v) is 15.5. The van der Waals surface area contributed by atoms with E-state index in [1.54, 1.807) is 0 Å². The zero-order valence-corrected chi connectivity index (χ0v) is 23.8. The summed E-state index contributed by atoms with van der Waals surface area (Å²) in [4.78, 5) is 38.1. The number of hydrogen-bond donors (Lipinski definition) is 2. The molecule has 1 aliphatic heterocycles. The van der Waals surface area contributed by atoms with E-state index in [0.29, 0.717) is 5.75 Å². The van der Waals surface area contributed by atoms with Crippen molar-refractivity contribution in [2.75, 3.05) is 12.4 Å². The number of benzene rings is 2. The van der Waals surface area contributed by atoms with E-state index in [-0.39, 0.29) is 16.8 Å². The van der Waals surface area contributed by atoms with E-state index >= 15 is 0 Å². The third-order valence-corrected chi connectivity index (χ3v) is 13.0. The lowest BCUT2D eigenvalue weighted by atomic mass is 10.0. The number of ether oxygens (including phenoxy) is 1. The van der Waals surface area contributed by atoms with Crippen LogP contribution in [0.5, 0.6) is 0 Å². The van der Waals surface area contributed by atoms with Gasteiger partial charge in [-0.2, -0.15) is 0 Å². The molecule has 8 nitrogen and oxygen atoms in total. The summed E-state index contributed by atoms with van der Waals surface area (Å²) in [6, 6.07) is 21.6. The first kappa shape index (κ1) is 28.3. The Bertz CT molecular complexity index is 1320. The normalized spacial score (nSPS) is 21.9. The lowest BCUT2D eigenvalue weighted by molar-refractivity contribution is -0.109. The number of aliphatic hydroxyl groups is 1. The molecule has 0 saturated carbocycles. The van der Waals surface area contributed by atoms with Crippen LogP contribution in [0, 0.1) is 5.92 Å². The summed E-state index contributed by atoms with van der Waals surface area (Å²) in [5.41, 5.74) is -1.21. The molecule has 1 aliphatic rings. The SMILES string of the molecule is CC(=O)SC[C@H]1[C@@H](O)[C@H](n2ccc(=O)[nH]c2=O)O[C@@H]1CO[Si](c1ccccc1)(c1ccccc1)C(C)(C)C. The minimum absolute atomic E-state index is 0.0755. The number of carbonyl (C=O) groups is 1. The van der Waals surface area contributed by atoms with Gasteiger partial charge in [0.15, 0.2) is 11.3 Å². The molecular formula is C28H34N2O6SSi. The number of rotatable bonds is 8. The van der Waals surface area contributed by atoms with E-state index in [4.69, 9.17) is 9.16 Å². The fourth-order valence-corrected chi connectivity index (χ4v) is 10.6. The van der Waals surface area contributed by atoms with Gasteiger partial charge in [-0.05, 0) is 15.4 Å². The highest BCUT2D eigenvalue weighted by molar-refractivity contribution is 8.13. The molecule has 0 spiro atoms. The van der Waals surface area contributed by atoms with Crippen LogP contribution in [-0.2, 0) is 14.0 Å². The predicted octanol–water partition coefficient (Wildman–Crippen LogP) is 2.27. The van der Waals surface area contributed by atoms with Crippen molar-refractivity contribution < 1.29 is 19.1 Å². The molecular weight excluding hydrogens is 520 g/mol. The van der Waals surface area contributed by atoms with Gasteiger partial charge in [-0.3, -0.25) is 19.1 Å². The highest BCUT2D eigenvalue weighted by Gasteiger charge is 2.52. The monoisotopic (exact) mass is 554 g/mol. The Morgan fingerprint density at radius 3 is 2.13 bits per heavy atom. The first-order valence-electron chi connectivity index (χ1n) is 12.6. The molecule has 10 heteroatoms. The van der Waals surface area contributed by atoms with Crippen LogP contribution in [0.15, 0.2) is 82.5 Å². The third-order valence-electron chi connectivity index (χ3n) is 7.01. The molecule has 0 bridgehead atoms. The van der Waals surface area contributed by atoms with Crippen LogP contribution in [0.3, 0.4) is 0 Å². The summed E-state index contributed by atoms with van der Waals surface area (Å²) in [6.07, 6.45) is -1.39. The molecule has 1 saturated heterocycles. The highest BCUT2D eigenvalue weighted by Crippen LogP contribution is 2.40. The smallest absolute Gasteiger partial charge is 0.330 e. The Labute approximate surface area is 227 Å². The van der Waals surface area contributed by atoms with Gasteiger partial charge in [0.05, 0.1) is 12.7 Å². The number of H-pyrrole nitrogens is 1. The standard InChI is InChI=1S/C28H34N2O6SSi/c1-19(31)37-18-22-23(36-26(25(22)33)30-16-15-24(32)29-27(30)34)17-35-38(28(2,3)4,20-11-7-5-8-12-20)21-13-9-6-10-14-21/h5-16,22-23,25-26,33H,17-18H2,1-4H3,(H,29,32,34)/t22-,23-,25-,26-/m1/s1. The zero-order chi connectivity index (χ0) is 27.5. The minimum atomic E-state index is -2.88. The van der Waals surface area contributed by atoms with Crippen molar-refractivity contribution in [1.29, 1.82) is 0 Å². The molecule has 2 aromatic carbocycles. The predicted molar refractivity (Wildman–Crippen MR) is 151 cm³/mol.